The number of hydrogen-bond donors (Lipinski definition) is 1. The monoisotopic (exact) mass is 315 g/mol. The van der Waals surface area contributed by atoms with Crippen molar-refractivity contribution in [1.82, 2.24) is 14.2 Å². The summed E-state index contributed by atoms with van der Waals surface area (Å²) in [6, 6.07) is 2.15. The summed E-state index contributed by atoms with van der Waals surface area (Å²) >= 11 is 0. The van der Waals surface area contributed by atoms with Crippen molar-refractivity contribution in [2.75, 3.05) is 13.1 Å². The molecule has 0 atom stereocenters. The van der Waals surface area contributed by atoms with E-state index in [2.05, 4.69) is 19.2 Å². The predicted octanol–water partition coefficient (Wildman–Crippen LogP) is 2.33. The Kier molecular flexibility index (Phi) is 6.90. The Hall–Kier alpha value is -0.850. The van der Waals surface area contributed by atoms with Gasteiger partial charge in [-0.15, -0.1) is 0 Å². The molecule has 0 bridgehead atoms. The molecule has 0 fully saturated rings. The number of nitrogens with one attached hydrogen (secondary N) is 1. The minimum Gasteiger partial charge on any atom is -0.352 e. The van der Waals surface area contributed by atoms with Gasteiger partial charge in [0.2, 0.25) is 10.0 Å². The molecule has 0 radical (unpaired) electrons. The number of sulfonamides is 1. The number of rotatable bonds is 9. The van der Waals surface area contributed by atoms with Crippen LogP contribution >= 0.6 is 0 Å². The lowest BCUT2D eigenvalue weighted by molar-refractivity contribution is 0.410. The van der Waals surface area contributed by atoms with Crippen molar-refractivity contribution in [2.45, 2.75) is 58.0 Å². The summed E-state index contributed by atoms with van der Waals surface area (Å²) in [5.41, 5.74) is 0.982. The molecule has 0 aliphatic rings. The molecular formula is C15H29N3O2S. The molecule has 5 nitrogen and oxygen atoms in total. The van der Waals surface area contributed by atoms with E-state index in [1.807, 2.05) is 25.5 Å². The zero-order valence-corrected chi connectivity index (χ0v) is 14.7. The SMILES string of the molecule is CCCN(CCC)S(=O)(=O)c1cc(CNC(C)C)n(C)c1. The topological polar surface area (TPSA) is 54.3 Å². The number of aromatic nitrogens is 1. The van der Waals surface area contributed by atoms with Crippen molar-refractivity contribution in [3.63, 3.8) is 0 Å². The van der Waals surface area contributed by atoms with Gasteiger partial charge in [0.25, 0.3) is 0 Å². The Morgan fingerprint density at radius 3 is 2.29 bits per heavy atom. The Labute approximate surface area is 129 Å². The summed E-state index contributed by atoms with van der Waals surface area (Å²) in [4.78, 5) is 0.396. The van der Waals surface area contributed by atoms with Gasteiger partial charge in [-0.1, -0.05) is 27.7 Å². The third-order valence-corrected chi connectivity index (χ3v) is 5.22. The molecule has 0 saturated heterocycles. The van der Waals surface area contributed by atoms with Crippen LogP contribution in [0.2, 0.25) is 0 Å². The normalized spacial score (nSPS) is 12.5. The van der Waals surface area contributed by atoms with Gasteiger partial charge in [0.05, 0.1) is 0 Å². The first-order chi connectivity index (χ1) is 9.82. The van der Waals surface area contributed by atoms with E-state index in [-0.39, 0.29) is 0 Å². The van der Waals surface area contributed by atoms with Crippen LogP contribution in [0.4, 0.5) is 0 Å². The van der Waals surface area contributed by atoms with Gasteiger partial charge < -0.3 is 9.88 Å². The highest BCUT2D eigenvalue weighted by atomic mass is 32.2. The van der Waals surface area contributed by atoms with Crippen molar-refractivity contribution in [1.29, 1.82) is 0 Å². The second-order valence-corrected chi connectivity index (χ2v) is 7.66. The van der Waals surface area contributed by atoms with Crippen molar-refractivity contribution >= 4 is 10.0 Å². The third-order valence-electron chi connectivity index (χ3n) is 3.36. The van der Waals surface area contributed by atoms with Crippen LogP contribution in [0, 0.1) is 0 Å². The summed E-state index contributed by atoms with van der Waals surface area (Å²) in [6.45, 7) is 9.97. The van der Waals surface area contributed by atoms with E-state index < -0.39 is 10.0 Å². The average molecular weight is 315 g/mol. The van der Waals surface area contributed by atoms with Gasteiger partial charge in [-0.05, 0) is 18.9 Å². The van der Waals surface area contributed by atoms with Crippen LogP contribution in [-0.2, 0) is 23.6 Å². The van der Waals surface area contributed by atoms with Gasteiger partial charge in [0, 0.05) is 44.6 Å². The quantitative estimate of drug-likeness (QED) is 0.761. The zero-order chi connectivity index (χ0) is 16.0. The summed E-state index contributed by atoms with van der Waals surface area (Å²) in [6.07, 6.45) is 3.37. The Morgan fingerprint density at radius 2 is 1.81 bits per heavy atom. The lowest BCUT2D eigenvalue weighted by atomic mass is 10.3. The molecule has 0 aromatic carbocycles. The van der Waals surface area contributed by atoms with Crippen LogP contribution in [0.5, 0.6) is 0 Å². The van der Waals surface area contributed by atoms with Crippen LogP contribution in [0.3, 0.4) is 0 Å². The lowest BCUT2D eigenvalue weighted by Gasteiger charge is -2.20. The molecule has 0 aliphatic carbocycles. The van der Waals surface area contributed by atoms with Crippen molar-refractivity contribution < 1.29 is 8.42 Å². The average Bonchev–Trinajstić information content (AvgIpc) is 2.78. The highest BCUT2D eigenvalue weighted by Crippen LogP contribution is 2.19. The maximum atomic E-state index is 12.7. The van der Waals surface area contributed by atoms with Gasteiger partial charge in [-0.25, -0.2) is 8.42 Å². The second-order valence-electron chi connectivity index (χ2n) is 5.72. The molecule has 0 saturated carbocycles. The molecule has 0 amide bonds. The van der Waals surface area contributed by atoms with Gasteiger partial charge in [-0.3, -0.25) is 0 Å². The summed E-state index contributed by atoms with van der Waals surface area (Å²) < 4.78 is 28.9. The first-order valence-electron chi connectivity index (χ1n) is 7.71. The largest absolute Gasteiger partial charge is 0.352 e. The number of aryl methyl sites for hydroxylation is 1. The summed E-state index contributed by atoms with van der Waals surface area (Å²) in [7, 11) is -1.49. The fourth-order valence-corrected chi connectivity index (χ4v) is 3.92. The molecule has 21 heavy (non-hydrogen) atoms. The maximum absolute atomic E-state index is 12.7. The second kappa shape index (κ2) is 7.96. The Balaban J connectivity index is 2.99. The van der Waals surface area contributed by atoms with E-state index in [0.717, 1.165) is 18.5 Å². The van der Waals surface area contributed by atoms with Crippen molar-refractivity contribution in [2.24, 2.45) is 7.05 Å². The molecule has 1 rings (SSSR count). The molecule has 0 unspecified atom stereocenters. The molecule has 0 spiro atoms. The minimum absolute atomic E-state index is 0.372. The lowest BCUT2D eigenvalue weighted by Crippen LogP contribution is -2.32. The molecule has 1 heterocycles. The Morgan fingerprint density at radius 1 is 1.24 bits per heavy atom. The van der Waals surface area contributed by atoms with Gasteiger partial charge in [0.15, 0.2) is 0 Å². The fourth-order valence-electron chi connectivity index (χ4n) is 2.20. The highest BCUT2D eigenvalue weighted by molar-refractivity contribution is 7.89. The van der Waals surface area contributed by atoms with Crippen LogP contribution in [0.25, 0.3) is 0 Å². The molecule has 6 heteroatoms. The van der Waals surface area contributed by atoms with Crippen LogP contribution in [0.15, 0.2) is 17.2 Å². The van der Waals surface area contributed by atoms with E-state index in [9.17, 15) is 8.42 Å². The molecule has 1 N–H and O–H groups in total. The Bertz CT molecular complexity index is 529. The van der Waals surface area contributed by atoms with Crippen molar-refractivity contribution in [3.8, 4) is 0 Å². The van der Waals surface area contributed by atoms with E-state index in [0.29, 0.717) is 30.6 Å². The molecule has 0 aliphatic heterocycles. The van der Waals surface area contributed by atoms with Crippen LogP contribution in [0.1, 0.15) is 46.2 Å². The highest BCUT2D eigenvalue weighted by Gasteiger charge is 2.24. The fraction of sp³-hybridized carbons (Fsp3) is 0.733. The van der Waals surface area contributed by atoms with Crippen molar-refractivity contribution in [3.05, 3.63) is 18.0 Å². The van der Waals surface area contributed by atoms with E-state index in [1.165, 1.54) is 0 Å². The predicted molar refractivity (Wildman–Crippen MR) is 86.7 cm³/mol. The summed E-state index contributed by atoms with van der Waals surface area (Å²) in [5, 5.41) is 3.32. The third kappa shape index (κ3) is 4.83. The summed E-state index contributed by atoms with van der Waals surface area (Å²) in [5.74, 6) is 0. The van der Waals surface area contributed by atoms with E-state index in [1.54, 1.807) is 16.6 Å². The van der Waals surface area contributed by atoms with Crippen LogP contribution < -0.4 is 5.32 Å². The molecule has 122 valence electrons. The minimum atomic E-state index is -3.38. The maximum Gasteiger partial charge on any atom is 0.244 e. The molecular weight excluding hydrogens is 286 g/mol. The molecule has 1 aromatic heterocycles. The van der Waals surface area contributed by atoms with Gasteiger partial charge in [-0.2, -0.15) is 4.31 Å². The molecule has 1 aromatic rings. The van der Waals surface area contributed by atoms with Crippen LogP contribution in [-0.4, -0.2) is 36.4 Å². The zero-order valence-electron chi connectivity index (χ0n) is 13.9. The number of nitrogens with zero attached hydrogens (tertiary/aromatic N) is 2. The van der Waals surface area contributed by atoms with E-state index in [4.69, 9.17) is 0 Å². The first-order valence-corrected chi connectivity index (χ1v) is 9.15. The van der Waals surface area contributed by atoms with Gasteiger partial charge >= 0.3 is 0 Å². The standard InChI is InChI=1S/C15H29N3O2S/c1-6-8-18(9-7-2)21(19,20)15-10-14(17(5)12-15)11-16-13(3)4/h10,12-13,16H,6-9,11H2,1-5H3. The first kappa shape index (κ1) is 18.2. The van der Waals surface area contributed by atoms with E-state index >= 15 is 0 Å². The smallest absolute Gasteiger partial charge is 0.244 e. The van der Waals surface area contributed by atoms with Gasteiger partial charge in [0.1, 0.15) is 4.90 Å². The number of hydrogen-bond acceptors (Lipinski definition) is 3.